The van der Waals surface area contributed by atoms with E-state index >= 15 is 0 Å². The minimum Gasteiger partial charge on any atom is -0.265 e. The van der Waals surface area contributed by atoms with Crippen LogP contribution in [0.1, 0.15) is 0 Å². The number of pyridine rings is 1. The van der Waals surface area contributed by atoms with Gasteiger partial charge in [-0.15, -0.1) is 0 Å². The van der Waals surface area contributed by atoms with Crippen molar-refractivity contribution >= 4 is 32.3 Å². The molecule has 0 bridgehead atoms. The summed E-state index contributed by atoms with van der Waals surface area (Å²) in [6.07, 6.45) is 3.63. The molecule has 10 aromatic rings. The normalized spacial score (nSPS) is 11.3. The first-order valence-electron chi connectivity index (χ1n) is 18.1. The zero-order valence-corrected chi connectivity index (χ0v) is 29.3. The number of aromatic nitrogens is 4. The second-order valence-corrected chi connectivity index (χ2v) is 13.4. The number of hydrogen-bond donors (Lipinski definition) is 0. The highest BCUT2D eigenvalue weighted by atomic mass is 15.0. The summed E-state index contributed by atoms with van der Waals surface area (Å²) < 4.78 is 0. The lowest BCUT2D eigenvalue weighted by molar-refractivity contribution is 1.08. The molecule has 54 heavy (non-hydrogen) atoms. The average Bonchev–Trinajstić information content (AvgIpc) is 3.26. The summed E-state index contributed by atoms with van der Waals surface area (Å²) in [4.78, 5) is 19.5. The molecule has 4 nitrogen and oxygen atoms in total. The predicted octanol–water partition coefficient (Wildman–Crippen LogP) is 12.7. The lowest BCUT2D eigenvalue weighted by atomic mass is 9.84. The summed E-state index contributed by atoms with van der Waals surface area (Å²) in [5.74, 6) is 1.89. The van der Waals surface area contributed by atoms with Gasteiger partial charge in [0.2, 0.25) is 0 Å². The monoisotopic (exact) mass is 688 g/mol. The highest BCUT2D eigenvalue weighted by molar-refractivity contribution is 6.24. The Hall–Kier alpha value is -7.30. The van der Waals surface area contributed by atoms with E-state index < -0.39 is 0 Å². The van der Waals surface area contributed by atoms with Gasteiger partial charge in [0.15, 0.2) is 17.5 Å². The van der Waals surface area contributed by atoms with Crippen molar-refractivity contribution in [2.45, 2.75) is 0 Å². The fourth-order valence-electron chi connectivity index (χ4n) is 7.74. The molecule has 0 N–H and O–H groups in total. The number of nitrogens with zero attached hydrogens (tertiary/aromatic N) is 4. The summed E-state index contributed by atoms with van der Waals surface area (Å²) in [6, 6.07) is 64.0. The summed E-state index contributed by atoms with van der Waals surface area (Å²) >= 11 is 0. The minimum absolute atomic E-state index is 0.627. The van der Waals surface area contributed by atoms with Crippen LogP contribution in [0.2, 0.25) is 0 Å². The molecule has 0 spiro atoms. The van der Waals surface area contributed by atoms with Gasteiger partial charge >= 0.3 is 0 Å². The fourth-order valence-corrected chi connectivity index (χ4v) is 7.74. The Kier molecular flexibility index (Phi) is 7.77. The van der Waals surface area contributed by atoms with Gasteiger partial charge in [-0.2, -0.15) is 0 Å². The van der Waals surface area contributed by atoms with Crippen molar-refractivity contribution in [3.05, 3.63) is 194 Å². The van der Waals surface area contributed by atoms with Crippen molar-refractivity contribution in [3.8, 4) is 67.5 Å². The minimum atomic E-state index is 0.627. The quantitative estimate of drug-likeness (QED) is 0.163. The number of rotatable bonds is 6. The Bertz CT molecular complexity index is 2900. The predicted molar refractivity (Wildman–Crippen MR) is 223 cm³/mol. The summed E-state index contributed by atoms with van der Waals surface area (Å²) in [6.45, 7) is 0. The maximum atomic E-state index is 5.17. The molecule has 4 heteroatoms. The molecule has 0 atom stereocenters. The summed E-state index contributed by atoms with van der Waals surface area (Å²) in [5, 5.41) is 7.13. The summed E-state index contributed by atoms with van der Waals surface area (Å²) in [5.41, 5.74) is 9.90. The molecule has 0 saturated heterocycles. The van der Waals surface area contributed by atoms with Gasteiger partial charge in [0.1, 0.15) is 0 Å². The highest BCUT2D eigenvalue weighted by Gasteiger charge is 2.20. The van der Waals surface area contributed by atoms with E-state index in [1.807, 2.05) is 54.9 Å². The number of benzene rings is 8. The molecule has 2 aromatic heterocycles. The maximum Gasteiger partial charge on any atom is 0.164 e. The van der Waals surface area contributed by atoms with E-state index in [4.69, 9.17) is 15.0 Å². The summed E-state index contributed by atoms with van der Waals surface area (Å²) in [7, 11) is 0. The van der Waals surface area contributed by atoms with Crippen LogP contribution in [0.5, 0.6) is 0 Å². The fraction of sp³-hybridized carbons (Fsp3) is 0. The van der Waals surface area contributed by atoms with Crippen molar-refractivity contribution in [2.24, 2.45) is 0 Å². The van der Waals surface area contributed by atoms with Crippen LogP contribution >= 0.6 is 0 Å². The smallest absolute Gasteiger partial charge is 0.164 e. The zero-order chi connectivity index (χ0) is 35.8. The number of hydrogen-bond acceptors (Lipinski definition) is 4. The Morgan fingerprint density at radius 1 is 0.241 bits per heavy atom. The molecule has 2 heterocycles. The van der Waals surface area contributed by atoms with Crippen molar-refractivity contribution in [1.29, 1.82) is 0 Å². The second-order valence-electron chi connectivity index (χ2n) is 13.4. The zero-order valence-electron chi connectivity index (χ0n) is 29.3. The molecule has 8 aromatic carbocycles. The van der Waals surface area contributed by atoms with E-state index in [0.717, 1.165) is 38.6 Å². The molecular formula is C50H32N4. The first kappa shape index (κ1) is 31.4. The van der Waals surface area contributed by atoms with Crippen molar-refractivity contribution in [1.82, 2.24) is 19.9 Å². The van der Waals surface area contributed by atoms with Gasteiger partial charge in [-0.3, -0.25) is 4.98 Å². The molecule has 0 amide bonds. The first-order valence-corrected chi connectivity index (χ1v) is 18.1. The standard InChI is InChI=1S/C50H32N4/c1-3-13-35(14-4-1)46-40-19-9-11-21-42(40)47(43-22-12-10-20-41(43)46)44-27-28-45(39-18-8-7-17-38(39)44)50-53-48(36-15-5-2-6-16-36)52-49(54-50)37-25-23-33(24-26-37)34-29-31-51-32-30-34/h1-32H. The Balaban J connectivity index is 1.19. The van der Waals surface area contributed by atoms with E-state index in [-0.39, 0.29) is 0 Å². The van der Waals surface area contributed by atoms with Crippen LogP contribution < -0.4 is 0 Å². The molecule has 0 aliphatic rings. The van der Waals surface area contributed by atoms with E-state index in [9.17, 15) is 0 Å². The van der Waals surface area contributed by atoms with Gasteiger partial charge in [-0.05, 0) is 83.9 Å². The molecule has 0 aliphatic carbocycles. The van der Waals surface area contributed by atoms with Crippen LogP contribution in [0.3, 0.4) is 0 Å². The van der Waals surface area contributed by atoms with Gasteiger partial charge in [0.25, 0.3) is 0 Å². The van der Waals surface area contributed by atoms with E-state index in [1.54, 1.807) is 0 Å². The third kappa shape index (κ3) is 5.49. The molecule has 0 saturated carbocycles. The first-order chi connectivity index (χ1) is 26.8. The van der Waals surface area contributed by atoms with E-state index in [0.29, 0.717) is 17.5 Å². The van der Waals surface area contributed by atoms with Gasteiger partial charge in [0, 0.05) is 29.1 Å². The molecule has 0 fully saturated rings. The van der Waals surface area contributed by atoms with Crippen LogP contribution in [-0.2, 0) is 0 Å². The number of fused-ring (bicyclic) bond motifs is 3. The topological polar surface area (TPSA) is 51.6 Å². The van der Waals surface area contributed by atoms with Gasteiger partial charge < -0.3 is 0 Å². The maximum absolute atomic E-state index is 5.17. The Morgan fingerprint density at radius 3 is 1.20 bits per heavy atom. The average molecular weight is 689 g/mol. The SMILES string of the molecule is c1ccc(-c2nc(-c3ccc(-c4ccncc4)cc3)nc(-c3ccc(-c4c5ccccc5c(-c5ccccc5)c5ccccc45)c4ccccc34)n2)cc1. The molecule has 0 radical (unpaired) electrons. The van der Waals surface area contributed by atoms with Crippen LogP contribution in [0.15, 0.2) is 194 Å². The molecule has 0 unspecified atom stereocenters. The van der Waals surface area contributed by atoms with Crippen molar-refractivity contribution in [2.75, 3.05) is 0 Å². The molecule has 10 rings (SSSR count). The Morgan fingerprint density at radius 2 is 0.630 bits per heavy atom. The molecule has 252 valence electrons. The van der Waals surface area contributed by atoms with Gasteiger partial charge in [0.05, 0.1) is 0 Å². The third-order valence-electron chi connectivity index (χ3n) is 10.3. The Labute approximate surface area is 313 Å². The molecule has 0 aliphatic heterocycles. The van der Waals surface area contributed by atoms with Crippen LogP contribution in [0.4, 0.5) is 0 Å². The van der Waals surface area contributed by atoms with Crippen molar-refractivity contribution < 1.29 is 0 Å². The highest BCUT2D eigenvalue weighted by Crippen LogP contribution is 2.46. The second kappa shape index (κ2) is 13.4. The lowest BCUT2D eigenvalue weighted by Crippen LogP contribution is -2.01. The van der Waals surface area contributed by atoms with Crippen molar-refractivity contribution in [3.63, 3.8) is 0 Å². The van der Waals surface area contributed by atoms with Gasteiger partial charge in [-0.25, -0.2) is 15.0 Å². The van der Waals surface area contributed by atoms with Crippen LogP contribution in [0, 0.1) is 0 Å². The van der Waals surface area contributed by atoms with E-state index in [1.165, 1.54) is 43.8 Å². The van der Waals surface area contributed by atoms with Crippen LogP contribution in [-0.4, -0.2) is 19.9 Å². The van der Waals surface area contributed by atoms with Gasteiger partial charge in [-0.1, -0.05) is 164 Å². The molecular weight excluding hydrogens is 657 g/mol. The van der Waals surface area contributed by atoms with Crippen LogP contribution in [0.25, 0.3) is 99.9 Å². The largest absolute Gasteiger partial charge is 0.265 e. The third-order valence-corrected chi connectivity index (χ3v) is 10.3. The lowest BCUT2D eigenvalue weighted by Gasteiger charge is -2.19. The van der Waals surface area contributed by atoms with E-state index in [2.05, 4.69) is 145 Å².